The Bertz CT molecular complexity index is 1610. The highest BCUT2D eigenvalue weighted by Gasteiger charge is 2.19. The fourth-order valence-corrected chi connectivity index (χ4v) is 6.75. The number of aryl methyl sites for hydroxylation is 1. The molecule has 3 aromatic carbocycles. The molecule has 7 nitrogen and oxygen atoms in total. The van der Waals surface area contributed by atoms with Crippen LogP contribution in [0.15, 0.2) is 89.6 Å². The summed E-state index contributed by atoms with van der Waals surface area (Å²) >= 11 is 1.76. The van der Waals surface area contributed by atoms with E-state index in [0.717, 1.165) is 115 Å². The van der Waals surface area contributed by atoms with Gasteiger partial charge in [0.2, 0.25) is 0 Å². The van der Waals surface area contributed by atoms with Gasteiger partial charge in [-0.05, 0) is 103 Å². The number of amides is 1. The molecule has 1 aromatic heterocycles. The van der Waals surface area contributed by atoms with E-state index in [1.807, 2.05) is 36.7 Å². The molecule has 1 amide bonds. The van der Waals surface area contributed by atoms with E-state index in [2.05, 4.69) is 89.1 Å². The molecular formula is C40H50N4O3S. The van der Waals surface area contributed by atoms with Gasteiger partial charge in [0.05, 0.1) is 12.4 Å². The monoisotopic (exact) mass is 666 g/mol. The zero-order chi connectivity index (χ0) is 33.6. The van der Waals surface area contributed by atoms with Crippen LogP contribution >= 0.6 is 11.8 Å². The number of aromatic nitrogens is 2. The molecule has 0 unspecified atom stereocenters. The van der Waals surface area contributed by atoms with Crippen molar-refractivity contribution in [1.82, 2.24) is 9.55 Å². The lowest BCUT2D eigenvalue weighted by atomic mass is 9.96. The van der Waals surface area contributed by atoms with Crippen molar-refractivity contribution in [2.45, 2.75) is 76.5 Å². The maximum absolute atomic E-state index is 13.6. The molecule has 1 aliphatic heterocycles. The first kappa shape index (κ1) is 35.3. The summed E-state index contributed by atoms with van der Waals surface area (Å²) in [6.45, 7) is 11.4. The number of carbonyl (C=O) groups is 1. The molecule has 8 heteroatoms. The summed E-state index contributed by atoms with van der Waals surface area (Å²) in [7, 11) is 0. The van der Waals surface area contributed by atoms with Gasteiger partial charge in [-0.3, -0.25) is 4.79 Å². The topological polar surface area (TPSA) is 68.6 Å². The molecule has 4 aromatic rings. The van der Waals surface area contributed by atoms with Crippen LogP contribution in [-0.2, 0) is 21.8 Å². The van der Waals surface area contributed by atoms with E-state index < -0.39 is 0 Å². The molecule has 1 N–H and O–H groups in total. The van der Waals surface area contributed by atoms with Gasteiger partial charge in [-0.25, -0.2) is 4.98 Å². The third-order valence-electron chi connectivity index (χ3n) is 8.43. The molecule has 0 aliphatic carbocycles. The second kappa shape index (κ2) is 18.5. The van der Waals surface area contributed by atoms with Crippen molar-refractivity contribution >= 4 is 35.1 Å². The summed E-state index contributed by atoms with van der Waals surface area (Å²) in [5.74, 6) is 2.69. The Hall–Kier alpha value is -4.01. The van der Waals surface area contributed by atoms with Crippen LogP contribution < -0.4 is 15.0 Å². The summed E-state index contributed by atoms with van der Waals surface area (Å²) in [6, 6.07) is 23.0. The lowest BCUT2D eigenvalue weighted by Gasteiger charge is -2.29. The van der Waals surface area contributed by atoms with Gasteiger partial charge in [0.15, 0.2) is 0 Å². The van der Waals surface area contributed by atoms with Crippen molar-refractivity contribution in [2.75, 3.05) is 43.1 Å². The van der Waals surface area contributed by atoms with Gasteiger partial charge in [0.1, 0.15) is 18.2 Å². The molecule has 0 saturated carbocycles. The summed E-state index contributed by atoms with van der Waals surface area (Å²) < 4.78 is 13.7. The summed E-state index contributed by atoms with van der Waals surface area (Å²) in [5, 5.41) is 3.16. The van der Waals surface area contributed by atoms with Crippen LogP contribution in [0.1, 0.15) is 70.7 Å². The van der Waals surface area contributed by atoms with E-state index in [4.69, 9.17) is 9.47 Å². The van der Waals surface area contributed by atoms with Crippen molar-refractivity contribution in [3.8, 4) is 16.9 Å². The lowest BCUT2D eigenvalue weighted by molar-refractivity contribution is -0.112. The van der Waals surface area contributed by atoms with Crippen molar-refractivity contribution in [3.05, 3.63) is 96.1 Å². The number of hydrogen-bond donors (Lipinski definition) is 1. The predicted octanol–water partition coefficient (Wildman–Crippen LogP) is 9.48. The van der Waals surface area contributed by atoms with Crippen molar-refractivity contribution in [3.63, 3.8) is 0 Å². The maximum Gasteiger partial charge on any atom is 0.251 e. The molecule has 1 aliphatic rings. The average molecular weight is 667 g/mol. The molecule has 5 rings (SSSR count). The number of fused-ring (bicyclic) bond motifs is 1. The first-order chi connectivity index (χ1) is 23.6. The number of anilines is 2. The highest BCUT2D eigenvalue weighted by atomic mass is 32.2. The van der Waals surface area contributed by atoms with E-state index in [9.17, 15) is 4.79 Å². The van der Waals surface area contributed by atoms with Crippen molar-refractivity contribution in [2.24, 2.45) is 0 Å². The average Bonchev–Trinajstić information content (AvgIpc) is 3.55. The van der Waals surface area contributed by atoms with E-state index in [0.29, 0.717) is 13.2 Å². The normalized spacial score (nSPS) is 13.0. The predicted molar refractivity (Wildman–Crippen MR) is 200 cm³/mol. The number of rotatable bonds is 17. The molecule has 48 heavy (non-hydrogen) atoms. The van der Waals surface area contributed by atoms with Crippen LogP contribution in [-0.4, -0.2) is 48.4 Å². The minimum absolute atomic E-state index is 0.0440. The van der Waals surface area contributed by atoms with Gasteiger partial charge < -0.3 is 24.3 Å². The Morgan fingerprint density at radius 3 is 2.46 bits per heavy atom. The molecule has 0 radical (unpaired) electrons. The molecule has 0 bridgehead atoms. The quantitative estimate of drug-likeness (QED) is 0.0895. The van der Waals surface area contributed by atoms with Crippen LogP contribution in [0.4, 0.5) is 11.4 Å². The van der Waals surface area contributed by atoms with Crippen LogP contribution in [0, 0.1) is 0 Å². The number of benzene rings is 3. The van der Waals surface area contributed by atoms with Gasteiger partial charge in [0, 0.05) is 60.5 Å². The second-order valence-electron chi connectivity index (χ2n) is 12.2. The third kappa shape index (κ3) is 10.0. The molecule has 0 spiro atoms. The molecule has 2 heterocycles. The summed E-state index contributed by atoms with van der Waals surface area (Å²) in [4.78, 5) is 21.8. The Morgan fingerprint density at radius 1 is 0.896 bits per heavy atom. The van der Waals surface area contributed by atoms with Crippen LogP contribution in [0.3, 0.4) is 0 Å². The number of carbonyl (C=O) groups excluding carboxylic acids is 1. The Morgan fingerprint density at radius 2 is 1.69 bits per heavy atom. The van der Waals surface area contributed by atoms with Crippen LogP contribution in [0.5, 0.6) is 5.75 Å². The van der Waals surface area contributed by atoms with Gasteiger partial charge in [-0.15, -0.1) is 11.8 Å². The highest BCUT2D eigenvalue weighted by Crippen LogP contribution is 2.33. The molecule has 254 valence electrons. The lowest BCUT2D eigenvalue weighted by Crippen LogP contribution is -2.28. The minimum Gasteiger partial charge on any atom is -0.491 e. The SMILES string of the molecule is CCCCOCCOc1ccc(-c2ccc3c(c2)C=C(C(=O)Nc2ccc(SCc4nccn4CCC)cc2)CCCN3CCC)cc1. The molecule has 0 atom stereocenters. The van der Waals surface area contributed by atoms with Crippen LogP contribution in [0.25, 0.3) is 17.2 Å². The number of nitrogens with zero attached hydrogens (tertiary/aromatic N) is 3. The van der Waals surface area contributed by atoms with Crippen LogP contribution in [0.2, 0.25) is 0 Å². The number of nitrogens with one attached hydrogen (secondary N) is 1. The standard InChI is InChI=1S/C40H50N4O3S/c1-4-7-25-46-26-27-47-36-15-10-31(11-16-36)32-12-19-38-34(28-32)29-33(9-8-23-43(38)21-5-2)40(45)42-35-13-17-37(18-14-35)48-30-39-41-20-24-44(39)22-6-3/h10-20,24,28-29H,4-9,21-23,25-27,30H2,1-3H3,(H,42,45). The first-order valence-electron chi connectivity index (χ1n) is 17.5. The zero-order valence-corrected chi connectivity index (χ0v) is 29.6. The molecule has 0 saturated heterocycles. The number of imidazole rings is 1. The fourth-order valence-electron chi connectivity index (χ4n) is 5.89. The van der Waals surface area contributed by atoms with Gasteiger partial charge >= 0.3 is 0 Å². The molecular weight excluding hydrogens is 617 g/mol. The minimum atomic E-state index is -0.0440. The number of thioether (sulfide) groups is 1. The summed E-state index contributed by atoms with van der Waals surface area (Å²) in [6.07, 6.45) is 12.0. The third-order valence-corrected chi connectivity index (χ3v) is 9.44. The van der Waals surface area contributed by atoms with E-state index in [-0.39, 0.29) is 5.91 Å². The number of unbranched alkanes of at least 4 members (excludes halogenated alkanes) is 1. The first-order valence-corrected chi connectivity index (χ1v) is 18.5. The Kier molecular flexibility index (Phi) is 13.6. The van der Waals surface area contributed by atoms with E-state index in [1.54, 1.807) is 11.8 Å². The van der Waals surface area contributed by atoms with Crippen molar-refractivity contribution in [1.29, 1.82) is 0 Å². The van der Waals surface area contributed by atoms with Crippen molar-refractivity contribution < 1.29 is 14.3 Å². The number of hydrogen-bond acceptors (Lipinski definition) is 6. The fraction of sp³-hybridized carbons (Fsp3) is 0.400. The maximum atomic E-state index is 13.6. The largest absolute Gasteiger partial charge is 0.491 e. The zero-order valence-electron chi connectivity index (χ0n) is 28.7. The molecule has 0 fully saturated rings. The van der Waals surface area contributed by atoms with Gasteiger partial charge in [-0.2, -0.15) is 0 Å². The Balaban J connectivity index is 1.27. The smallest absolute Gasteiger partial charge is 0.251 e. The Labute approximate surface area is 290 Å². The van der Waals surface area contributed by atoms with E-state index in [1.165, 1.54) is 5.69 Å². The van der Waals surface area contributed by atoms with E-state index >= 15 is 0 Å². The number of ether oxygens (including phenoxy) is 2. The second-order valence-corrected chi connectivity index (χ2v) is 13.2. The van der Waals surface area contributed by atoms with Gasteiger partial charge in [0.25, 0.3) is 5.91 Å². The highest BCUT2D eigenvalue weighted by molar-refractivity contribution is 7.98. The summed E-state index contributed by atoms with van der Waals surface area (Å²) in [5.41, 5.74) is 6.08. The van der Waals surface area contributed by atoms with Gasteiger partial charge in [-0.1, -0.05) is 45.4 Å².